The number of hydrogen-bond acceptors (Lipinski definition) is 2. The molecule has 0 N–H and O–H groups in total. The maximum Gasteiger partial charge on any atom is 0.136 e. The van der Waals surface area contributed by atoms with E-state index in [1.165, 1.54) is 88.2 Å². The van der Waals surface area contributed by atoms with Gasteiger partial charge in [-0.3, -0.25) is 4.79 Å². The van der Waals surface area contributed by atoms with Gasteiger partial charge in [0.1, 0.15) is 5.78 Å². The summed E-state index contributed by atoms with van der Waals surface area (Å²) in [6, 6.07) is 6.91. The number of hydrogen-bond donors (Lipinski definition) is 0. The van der Waals surface area contributed by atoms with Crippen LogP contribution in [0.3, 0.4) is 0 Å². The van der Waals surface area contributed by atoms with Gasteiger partial charge in [0.05, 0.1) is 0 Å². The van der Waals surface area contributed by atoms with E-state index < -0.39 is 0 Å². The van der Waals surface area contributed by atoms with Crippen LogP contribution in [-0.4, -0.2) is 19.0 Å². The summed E-state index contributed by atoms with van der Waals surface area (Å²) >= 11 is 0. The second-order valence-corrected chi connectivity index (χ2v) is 12.0. The van der Waals surface area contributed by atoms with Crippen LogP contribution in [0.5, 0.6) is 0 Å². The van der Waals surface area contributed by atoms with Crippen LogP contribution in [0.25, 0.3) is 0 Å². The molecule has 2 heteroatoms. The molecule has 1 saturated heterocycles. The largest absolute Gasteiger partial charge is 0.381 e. The Hall–Kier alpha value is -1.15. The first-order valence-corrected chi connectivity index (χ1v) is 15.2. The third-order valence-corrected chi connectivity index (χ3v) is 9.35. The molecular formula is C33H54O2. The lowest BCUT2D eigenvalue weighted by Gasteiger charge is -2.36. The van der Waals surface area contributed by atoms with Crippen LogP contribution < -0.4 is 0 Å². The Kier molecular flexibility index (Phi) is 12.3. The van der Waals surface area contributed by atoms with E-state index in [9.17, 15) is 4.79 Å². The lowest BCUT2D eigenvalue weighted by Crippen LogP contribution is -2.29. The molecule has 1 aliphatic heterocycles. The predicted octanol–water partition coefficient (Wildman–Crippen LogP) is 9.36. The first-order chi connectivity index (χ1) is 17.0. The van der Waals surface area contributed by atoms with Gasteiger partial charge in [-0.2, -0.15) is 0 Å². The Morgan fingerprint density at radius 1 is 0.971 bits per heavy atom. The molecule has 2 nitrogen and oxygen atoms in total. The molecular weight excluding hydrogens is 428 g/mol. The van der Waals surface area contributed by atoms with Crippen LogP contribution in [0.15, 0.2) is 18.2 Å². The van der Waals surface area contributed by atoms with E-state index in [0.29, 0.717) is 29.5 Å². The molecule has 0 spiro atoms. The van der Waals surface area contributed by atoms with Crippen LogP contribution in [0.4, 0.5) is 0 Å². The van der Waals surface area contributed by atoms with E-state index in [0.717, 1.165) is 38.4 Å². The van der Waals surface area contributed by atoms with Crippen molar-refractivity contribution in [3.8, 4) is 0 Å². The summed E-state index contributed by atoms with van der Waals surface area (Å²) < 4.78 is 5.58. The fourth-order valence-corrected chi connectivity index (χ4v) is 7.11. The topological polar surface area (TPSA) is 26.3 Å². The van der Waals surface area contributed by atoms with Gasteiger partial charge in [0.2, 0.25) is 0 Å². The Bertz CT molecular complexity index is 747. The first-order valence-electron chi connectivity index (χ1n) is 15.2. The molecule has 3 rings (SSSR count). The molecule has 4 atom stereocenters. The van der Waals surface area contributed by atoms with Gasteiger partial charge in [0.15, 0.2) is 0 Å². The maximum atomic E-state index is 13.6. The Morgan fingerprint density at radius 2 is 1.77 bits per heavy atom. The number of ketones is 1. The SMILES string of the molecule is CCCCCCC(c1cccc(C)c1C)C1CCCC(C(=O)CC(CCC)CC2CCOCC2)C1. The summed E-state index contributed by atoms with van der Waals surface area (Å²) in [5.74, 6) is 3.52. The molecule has 2 aliphatic rings. The van der Waals surface area contributed by atoms with Crippen molar-refractivity contribution in [2.45, 2.75) is 130 Å². The molecule has 1 aliphatic carbocycles. The normalized spacial score (nSPS) is 23.2. The molecule has 0 bridgehead atoms. The fraction of sp³-hybridized carbons (Fsp3) is 0.788. The lowest BCUT2D eigenvalue weighted by atomic mass is 9.68. The smallest absolute Gasteiger partial charge is 0.136 e. The van der Waals surface area contributed by atoms with E-state index in [-0.39, 0.29) is 0 Å². The molecule has 1 saturated carbocycles. The van der Waals surface area contributed by atoms with Gasteiger partial charge in [-0.05, 0) is 99.2 Å². The van der Waals surface area contributed by atoms with Gasteiger partial charge in [0.25, 0.3) is 0 Å². The Labute approximate surface area is 217 Å². The highest BCUT2D eigenvalue weighted by atomic mass is 16.5. The van der Waals surface area contributed by atoms with Gasteiger partial charge >= 0.3 is 0 Å². The van der Waals surface area contributed by atoms with Crippen molar-refractivity contribution in [1.29, 1.82) is 0 Å². The standard InChI is InChI=1S/C33H54O2/c1-5-7-8-9-16-32(31-17-10-13-25(3)26(31)4)29-14-11-15-30(24-29)33(34)23-28(12-6-2)22-27-18-20-35-21-19-27/h10,13,17,27-30,32H,5-9,11-12,14-16,18-24H2,1-4H3. The molecule has 0 radical (unpaired) electrons. The monoisotopic (exact) mass is 482 g/mol. The number of carbonyl (C=O) groups excluding carboxylic acids is 1. The van der Waals surface area contributed by atoms with Gasteiger partial charge in [-0.25, -0.2) is 0 Å². The molecule has 1 heterocycles. The van der Waals surface area contributed by atoms with Crippen molar-refractivity contribution in [3.63, 3.8) is 0 Å². The highest BCUT2D eigenvalue weighted by molar-refractivity contribution is 5.81. The average molecular weight is 483 g/mol. The summed E-state index contributed by atoms with van der Waals surface area (Å²) in [5, 5.41) is 0. The van der Waals surface area contributed by atoms with Crippen LogP contribution in [0.1, 0.15) is 133 Å². The minimum Gasteiger partial charge on any atom is -0.381 e. The van der Waals surface area contributed by atoms with Crippen LogP contribution in [0.2, 0.25) is 0 Å². The second kappa shape index (κ2) is 15.2. The molecule has 35 heavy (non-hydrogen) atoms. The molecule has 0 amide bonds. The molecule has 2 fully saturated rings. The van der Waals surface area contributed by atoms with E-state index in [2.05, 4.69) is 45.9 Å². The third kappa shape index (κ3) is 8.73. The molecule has 198 valence electrons. The van der Waals surface area contributed by atoms with E-state index in [4.69, 9.17) is 4.74 Å². The van der Waals surface area contributed by atoms with E-state index in [1.807, 2.05) is 0 Å². The van der Waals surface area contributed by atoms with E-state index in [1.54, 1.807) is 5.56 Å². The minimum atomic E-state index is 0.297. The van der Waals surface area contributed by atoms with Crippen molar-refractivity contribution in [2.24, 2.45) is 23.7 Å². The Morgan fingerprint density at radius 3 is 2.51 bits per heavy atom. The van der Waals surface area contributed by atoms with Crippen LogP contribution in [-0.2, 0) is 9.53 Å². The summed E-state index contributed by atoms with van der Waals surface area (Å²) in [7, 11) is 0. The quantitative estimate of drug-likeness (QED) is 0.247. The van der Waals surface area contributed by atoms with Gasteiger partial charge in [0, 0.05) is 25.6 Å². The number of benzene rings is 1. The first kappa shape index (κ1) is 28.4. The van der Waals surface area contributed by atoms with E-state index >= 15 is 0 Å². The summed E-state index contributed by atoms with van der Waals surface area (Å²) in [6.45, 7) is 11.0. The predicted molar refractivity (Wildman–Crippen MR) is 149 cm³/mol. The summed E-state index contributed by atoms with van der Waals surface area (Å²) in [4.78, 5) is 13.6. The van der Waals surface area contributed by atoms with Crippen molar-refractivity contribution in [3.05, 3.63) is 34.9 Å². The summed E-state index contributed by atoms with van der Waals surface area (Å²) in [5.41, 5.74) is 4.48. The van der Waals surface area contributed by atoms with Crippen LogP contribution in [0, 0.1) is 37.5 Å². The zero-order valence-corrected chi connectivity index (χ0v) is 23.5. The maximum absolute atomic E-state index is 13.6. The third-order valence-electron chi connectivity index (χ3n) is 9.35. The van der Waals surface area contributed by atoms with Crippen molar-refractivity contribution in [1.82, 2.24) is 0 Å². The molecule has 1 aromatic carbocycles. The zero-order chi connectivity index (χ0) is 25.0. The average Bonchev–Trinajstić information content (AvgIpc) is 2.87. The van der Waals surface area contributed by atoms with Gasteiger partial charge < -0.3 is 4.74 Å². The van der Waals surface area contributed by atoms with Crippen molar-refractivity contribution >= 4 is 5.78 Å². The Balaban J connectivity index is 1.66. The van der Waals surface area contributed by atoms with Gasteiger partial charge in [-0.15, -0.1) is 0 Å². The number of carbonyl (C=O) groups is 1. The van der Waals surface area contributed by atoms with Crippen LogP contribution >= 0.6 is 0 Å². The summed E-state index contributed by atoms with van der Waals surface area (Å²) in [6.07, 6.45) is 18.2. The molecule has 1 aromatic rings. The minimum absolute atomic E-state index is 0.297. The van der Waals surface area contributed by atoms with Crippen molar-refractivity contribution in [2.75, 3.05) is 13.2 Å². The molecule has 4 unspecified atom stereocenters. The van der Waals surface area contributed by atoms with Gasteiger partial charge in [-0.1, -0.05) is 77.0 Å². The highest BCUT2D eigenvalue weighted by Crippen LogP contribution is 2.43. The second-order valence-electron chi connectivity index (χ2n) is 12.0. The van der Waals surface area contributed by atoms with Crippen molar-refractivity contribution < 1.29 is 9.53 Å². The molecule has 0 aromatic heterocycles. The number of aryl methyl sites for hydroxylation is 1. The highest BCUT2D eigenvalue weighted by Gasteiger charge is 2.34. The zero-order valence-electron chi connectivity index (χ0n) is 23.5. The lowest BCUT2D eigenvalue weighted by molar-refractivity contribution is -0.125. The number of ether oxygens (including phenoxy) is 1. The fourth-order valence-electron chi connectivity index (χ4n) is 7.11. The number of Topliss-reactive ketones (excluding diaryl/α,β-unsaturated/α-hetero) is 1. The number of unbranched alkanes of at least 4 members (excludes halogenated alkanes) is 3. The number of rotatable bonds is 14.